The second-order valence-corrected chi connectivity index (χ2v) is 7.03. The highest BCUT2D eigenvalue weighted by molar-refractivity contribution is 7.98. The summed E-state index contributed by atoms with van der Waals surface area (Å²) in [6.45, 7) is 2.09. The summed E-state index contributed by atoms with van der Waals surface area (Å²) in [6.07, 6.45) is 8.00. The lowest BCUT2D eigenvalue weighted by Gasteiger charge is -2.24. The Balaban J connectivity index is 1.41. The average Bonchev–Trinajstić information content (AvgIpc) is 3.17. The van der Waals surface area contributed by atoms with Gasteiger partial charge in [0.1, 0.15) is 6.33 Å². The van der Waals surface area contributed by atoms with E-state index in [-0.39, 0.29) is 0 Å². The van der Waals surface area contributed by atoms with E-state index in [2.05, 4.69) is 30.0 Å². The number of thioether (sulfide) groups is 1. The summed E-state index contributed by atoms with van der Waals surface area (Å²) < 4.78 is 2.19. The molecule has 6 nitrogen and oxygen atoms in total. The first-order chi connectivity index (χ1) is 12.4. The number of aromatic nitrogens is 5. The summed E-state index contributed by atoms with van der Waals surface area (Å²) >= 11 is 1.68. The molecular weight excluding hydrogens is 332 g/mol. The van der Waals surface area contributed by atoms with Crippen molar-refractivity contribution in [2.75, 3.05) is 13.1 Å². The molecule has 128 valence electrons. The minimum absolute atomic E-state index is 0.447. The molecule has 25 heavy (non-hydrogen) atoms. The predicted octanol–water partition coefficient (Wildman–Crippen LogP) is 2.95. The van der Waals surface area contributed by atoms with Crippen molar-refractivity contribution in [1.29, 1.82) is 0 Å². The summed E-state index contributed by atoms with van der Waals surface area (Å²) in [5.74, 6) is 1.54. The van der Waals surface area contributed by atoms with Crippen molar-refractivity contribution in [1.82, 2.24) is 30.0 Å². The van der Waals surface area contributed by atoms with Crippen LogP contribution < -0.4 is 5.32 Å². The van der Waals surface area contributed by atoms with Gasteiger partial charge in [0.15, 0.2) is 11.0 Å². The van der Waals surface area contributed by atoms with Crippen LogP contribution in [0.5, 0.6) is 0 Å². The van der Waals surface area contributed by atoms with Crippen LogP contribution in [-0.4, -0.2) is 37.8 Å². The van der Waals surface area contributed by atoms with Gasteiger partial charge in [0.2, 0.25) is 0 Å². The molecule has 0 amide bonds. The molecule has 1 aliphatic rings. The number of benzene rings is 1. The third kappa shape index (κ3) is 3.88. The maximum Gasteiger partial charge on any atom is 0.191 e. The Morgan fingerprint density at radius 3 is 2.76 bits per heavy atom. The van der Waals surface area contributed by atoms with Gasteiger partial charge in [0.05, 0.1) is 0 Å². The van der Waals surface area contributed by atoms with Gasteiger partial charge in [0, 0.05) is 36.3 Å². The zero-order valence-electron chi connectivity index (χ0n) is 13.9. The smallest absolute Gasteiger partial charge is 0.191 e. The SMILES string of the molecule is c1ccc(-c2ncc(CSc3nncn3C3CCCNC3)cn2)cc1. The van der Waals surface area contributed by atoms with Crippen molar-refractivity contribution in [2.45, 2.75) is 29.8 Å². The van der Waals surface area contributed by atoms with Crippen LogP contribution in [0, 0.1) is 0 Å². The van der Waals surface area contributed by atoms with Gasteiger partial charge in [-0.05, 0) is 24.9 Å². The van der Waals surface area contributed by atoms with Crippen molar-refractivity contribution >= 4 is 11.8 Å². The van der Waals surface area contributed by atoms with E-state index in [9.17, 15) is 0 Å². The van der Waals surface area contributed by atoms with Crippen LogP contribution >= 0.6 is 11.8 Å². The molecule has 1 atom stereocenters. The number of piperidine rings is 1. The van der Waals surface area contributed by atoms with Gasteiger partial charge in [0.25, 0.3) is 0 Å². The highest BCUT2D eigenvalue weighted by Crippen LogP contribution is 2.26. The third-order valence-electron chi connectivity index (χ3n) is 4.31. The molecule has 1 aliphatic heterocycles. The van der Waals surface area contributed by atoms with Gasteiger partial charge in [-0.2, -0.15) is 0 Å². The van der Waals surface area contributed by atoms with Crippen LogP contribution in [-0.2, 0) is 5.75 Å². The predicted molar refractivity (Wildman–Crippen MR) is 98.2 cm³/mol. The summed E-state index contributed by atoms with van der Waals surface area (Å²) in [6, 6.07) is 10.5. The van der Waals surface area contributed by atoms with E-state index in [1.807, 2.05) is 49.1 Å². The van der Waals surface area contributed by atoms with Crippen molar-refractivity contribution in [2.24, 2.45) is 0 Å². The van der Waals surface area contributed by atoms with Crippen molar-refractivity contribution < 1.29 is 0 Å². The standard InChI is InChI=1S/C18H20N6S/c1-2-5-15(6-3-1)17-20-9-14(10-21-17)12-25-18-23-22-13-24(18)16-7-4-8-19-11-16/h1-3,5-6,9-10,13,16,19H,4,7-8,11-12H2. The Hall–Kier alpha value is -2.25. The Kier molecular flexibility index (Phi) is 5.03. The molecule has 0 aliphatic carbocycles. The molecule has 1 fully saturated rings. The lowest BCUT2D eigenvalue weighted by atomic mass is 10.1. The van der Waals surface area contributed by atoms with E-state index in [0.717, 1.165) is 41.0 Å². The van der Waals surface area contributed by atoms with Gasteiger partial charge in [-0.1, -0.05) is 42.1 Å². The van der Waals surface area contributed by atoms with Gasteiger partial charge in [-0.25, -0.2) is 9.97 Å². The fraction of sp³-hybridized carbons (Fsp3) is 0.333. The third-order valence-corrected chi connectivity index (χ3v) is 5.34. The molecule has 7 heteroatoms. The van der Waals surface area contributed by atoms with Crippen molar-refractivity contribution in [3.8, 4) is 11.4 Å². The summed E-state index contributed by atoms with van der Waals surface area (Å²) in [5.41, 5.74) is 2.12. The maximum absolute atomic E-state index is 4.48. The molecule has 4 rings (SSSR count). The number of nitrogens with zero attached hydrogens (tertiary/aromatic N) is 5. The zero-order valence-corrected chi connectivity index (χ0v) is 14.7. The van der Waals surface area contributed by atoms with E-state index in [4.69, 9.17) is 0 Å². The summed E-state index contributed by atoms with van der Waals surface area (Å²) in [7, 11) is 0. The summed E-state index contributed by atoms with van der Waals surface area (Å²) in [4.78, 5) is 8.97. The topological polar surface area (TPSA) is 68.5 Å². The van der Waals surface area contributed by atoms with Crippen LogP contribution in [0.4, 0.5) is 0 Å². The van der Waals surface area contributed by atoms with Crippen LogP contribution in [0.1, 0.15) is 24.4 Å². The molecule has 0 spiro atoms. The highest BCUT2D eigenvalue weighted by Gasteiger charge is 2.18. The minimum atomic E-state index is 0.447. The highest BCUT2D eigenvalue weighted by atomic mass is 32.2. The first kappa shape index (κ1) is 16.2. The molecule has 1 saturated heterocycles. The van der Waals surface area contributed by atoms with Crippen LogP contribution in [0.15, 0.2) is 54.2 Å². The second-order valence-electron chi connectivity index (χ2n) is 6.09. The Morgan fingerprint density at radius 1 is 1.16 bits per heavy atom. The lowest BCUT2D eigenvalue weighted by molar-refractivity contribution is 0.354. The second kappa shape index (κ2) is 7.76. The number of rotatable bonds is 5. The fourth-order valence-electron chi connectivity index (χ4n) is 2.97. The van der Waals surface area contributed by atoms with E-state index < -0.39 is 0 Å². The van der Waals surface area contributed by atoms with E-state index >= 15 is 0 Å². The molecule has 1 aromatic carbocycles. The van der Waals surface area contributed by atoms with E-state index in [0.29, 0.717) is 6.04 Å². The Bertz CT molecular complexity index is 796. The average molecular weight is 352 g/mol. The fourth-order valence-corrected chi connectivity index (χ4v) is 3.87. The van der Waals surface area contributed by atoms with E-state index in [1.54, 1.807) is 11.8 Å². The van der Waals surface area contributed by atoms with Crippen molar-refractivity contribution in [3.63, 3.8) is 0 Å². The molecule has 0 saturated carbocycles. The zero-order chi connectivity index (χ0) is 16.9. The molecule has 1 N–H and O–H groups in total. The van der Waals surface area contributed by atoms with Crippen LogP contribution in [0.2, 0.25) is 0 Å². The normalized spacial score (nSPS) is 17.5. The lowest BCUT2D eigenvalue weighted by Crippen LogP contribution is -2.31. The molecule has 3 aromatic rings. The first-order valence-electron chi connectivity index (χ1n) is 8.49. The summed E-state index contributed by atoms with van der Waals surface area (Å²) in [5, 5.41) is 12.8. The number of hydrogen-bond acceptors (Lipinski definition) is 6. The van der Waals surface area contributed by atoms with Gasteiger partial charge in [-0.15, -0.1) is 10.2 Å². The molecule has 2 aromatic heterocycles. The Labute approximate surface area is 151 Å². The largest absolute Gasteiger partial charge is 0.315 e. The number of nitrogens with one attached hydrogen (secondary N) is 1. The number of hydrogen-bond donors (Lipinski definition) is 1. The quantitative estimate of drug-likeness (QED) is 0.712. The Morgan fingerprint density at radius 2 is 2.00 bits per heavy atom. The van der Waals surface area contributed by atoms with E-state index in [1.165, 1.54) is 12.8 Å². The molecule has 0 bridgehead atoms. The van der Waals surface area contributed by atoms with Crippen molar-refractivity contribution in [3.05, 3.63) is 54.6 Å². The first-order valence-corrected chi connectivity index (χ1v) is 9.48. The van der Waals surface area contributed by atoms with Gasteiger partial charge >= 0.3 is 0 Å². The molecule has 3 heterocycles. The molecule has 1 unspecified atom stereocenters. The van der Waals surface area contributed by atoms with Gasteiger partial charge < -0.3 is 9.88 Å². The molecular formula is C18H20N6S. The maximum atomic E-state index is 4.48. The van der Waals surface area contributed by atoms with Gasteiger partial charge in [-0.3, -0.25) is 0 Å². The molecule has 0 radical (unpaired) electrons. The van der Waals surface area contributed by atoms with Crippen LogP contribution in [0.25, 0.3) is 11.4 Å². The minimum Gasteiger partial charge on any atom is -0.315 e. The van der Waals surface area contributed by atoms with Crippen LogP contribution in [0.3, 0.4) is 0 Å². The monoisotopic (exact) mass is 352 g/mol.